The number of aromatic nitrogens is 16. The number of imidazole rings is 1. The van der Waals surface area contributed by atoms with Crippen LogP contribution in [0, 0.1) is 64.2 Å². The molecule has 5 aromatic carbocycles. The van der Waals surface area contributed by atoms with Crippen LogP contribution in [0.25, 0.3) is 54.6 Å². The van der Waals surface area contributed by atoms with Gasteiger partial charge in [-0.05, 0) is 197 Å². The molecule has 5 aliphatic heterocycles. The molecule has 2 N–H and O–H groups in total. The van der Waals surface area contributed by atoms with Crippen molar-refractivity contribution >= 4 is 134 Å². The molecule has 1 unspecified atom stereocenters. The van der Waals surface area contributed by atoms with Crippen molar-refractivity contribution < 1.29 is 52.3 Å². The fourth-order valence-electron chi connectivity index (χ4n) is 20.4. The average Bonchev–Trinajstić information content (AvgIpc) is 1.64. The molecule has 5 aliphatic rings. The first-order valence-corrected chi connectivity index (χ1v) is 56.3. The number of aliphatic hydroxyl groups is 2. The van der Waals surface area contributed by atoms with Crippen LogP contribution in [0.3, 0.4) is 0 Å². The summed E-state index contributed by atoms with van der Waals surface area (Å²) in [6, 6.07) is 41.4. The van der Waals surface area contributed by atoms with Crippen molar-refractivity contribution in [3.05, 3.63) is 233 Å². The van der Waals surface area contributed by atoms with Gasteiger partial charge in [-0.3, -0.25) is 0 Å². The second-order valence-electron chi connectivity index (χ2n) is 38.7. The van der Waals surface area contributed by atoms with Gasteiger partial charge in [0.05, 0.1) is 78.9 Å². The molecular weight excluding hydrogens is 1860 g/mol. The maximum atomic E-state index is 12.2. The lowest BCUT2D eigenvalue weighted by Crippen LogP contribution is -2.41. The number of aliphatic hydroxyl groups excluding tert-OH is 2. The first kappa shape index (κ1) is 99.8. The van der Waals surface area contributed by atoms with Gasteiger partial charge >= 0.3 is 0 Å². The molecule has 0 saturated carbocycles. The van der Waals surface area contributed by atoms with Crippen LogP contribution in [0.4, 0.5) is 29.7 Å². The van der Waals surface area contributed by atoms with Gasteiger partial charge in [-0.1, -0.05) is 81.4 Å². The Morgan fingerprint density at radius 1 is 0.281 bits per heavy atom. The molecule has 10 aromatic heterocycles. The number of fused-ring (bicyclic) bond motifs is 15. The largest absolute Gasteiger partial charge is 0.392 e. The maximum Gasteiger partial charge on any atom is 0.226 e. The summed E-state index contributed by atoms with van der Waals surface area (Å²) in [5.41, 5.74) is 15.5. The van der Waals surface area contributed by atoms with Crippen LogP contribution in [-0.4, -0.2) is 194 Å². The number of rotatable bonds is 17. The molecule has 15 heterocycles. The molecule has 33 nitrogen and oxygen atoms in total. The van der Waals surface area contributed by atoms with Gasteiger partial charge in [-0.25, -0.2) is 96.9 Å². The monoisotopic (exact) mass is 1980 g/mol. The molecular formula is C101H123N21O12S5. The first-order valence-electron chi connectivity index (χ1n) is 46.8. The summed E-state index contributed by atoms with van der Waals surface area (Å²) in [5.74, 6) is 6.18. The molecule has 734 valence electrons. The zero-order valence-corrected chi connectivity index (χ0v) is 86.3. The zero-order chi connectivity index (χ0) is 99.9. The van der Waals surface area contributed by atoms with Crippen LogP contribution in [0.5, 0.6) is 0 Å². The maximum absolute atomic E-state index is 12.2. The van der Waals surface area contributed by atoms with Crippen molar-refractivity contribution in [3.8, 4) is 0 Å². The Kier molecular flexibility index (Phi) is 28.1. The van der Waals surface area contributed by atoms with Crippen molar-refractivity contribution in [3.63, 3.8) is 0 Å². The highest BCUT2D eigenvalue weighted by molar-refractivity contribution is 7.91. The van der Waals surface area contributed by atoms with Crippen LogP contribution in [-0.2, 0) is 95.1 Å². The molecule has 0 radical (unpaired) electrons. The molecule has 0 bridgehead atoms. The number of benzene rings is 5. The summed E-state index contributed by atoms with van der Waals surface area (Å²) in [5, 5.41) is 23.4. The summed E-state index contributed by atoms with van der Waals surface area (Å²) < 4.78 is 132. The van der Waals surface area contributed by atoms with E-state index in [2.05, 4.69) is 191 Å². The number of aryl methyl sites for hydroxylation is 5. The van der Waals surface area contributed by atoms with Gasteiger partial charge in [-0.2, -0.15) is 0 Å². The molecule has 0 amide bonds. The van der Waals surface area contributed by atoms with E-state index in [1.807, 2.05) is 77.1 Å². The molecule has 5 atom stereocenters. The normalized spacial score (nSPS) is 17.4. The molecule has 0 aliphatic carbocycles. The lowest BCUT2D eigenvalue weighted by Gasteiger charge is -2.39. The number of hydrogen-bond acceptors (Lipinski definition) is 28. The Hall–Kier alpha value is -12.2. The van der Waals surface area contributed by atoms with E-state index in [9.17, 15) is 52.3 Å². The Labute approximate surface area is 813 Å². The minimum Gasteiger partial charge on any atom is -0.392 e. The summed E-state index contributed by atoms with van der Waals surface area (Å²) in [6.45, 7) is 38.4. The van der Waals surface area contributed by atoms with Gasteiger partial charge in [0.25, 0.3) is 0 Å². The van der Waals surface area contributed by atoms with E-state index < -0.39 is 49.2 Å². The van der Waals surface area contributed by atoms with Gasteiger partial charge in [0.1, 0.15) is 5.82 Å². The summed E-state index contributed by atoms with van der Waals surface area (Å²) in [4.78, 5) is 63.0. The smallest absolute Gasteiger partial charge is 0.226 e. The second-order valence-corrected chi connectivity index (χ2v) is 48.7. The molecule has 0 saturated heterocycles. The van der Waals surface area contributed by atoms with E-state index in [-0.39, 0.29) is 53.2 Å². The average molecular weight is 1980 g/mol. The predicted molar refractivity (Wildman–Crippen MR) is 543 cm³/mol. The Morgan fingerprint density at radius 2 is 0.532 bits per heavy atom. The van der Waals surface area contributed by atoms with E-state index in [0.29, 0.717) is 92.9 Å². The van der Waals surface area contributed by atoms with E-state index in [0.717, 1.165) is 158 Å². The predicted octanol–water partition coefficient (Wildman–Crippen LogP) is 15.2. The summed E-state index contributed by atoms with van der Waals surface area (Å²) >= 11 is 0. The van der Waals surface area contributed by atoms with E-state index in [1.54, 1.807) is 97.7 Å². The fraction of sp³-hybridized carbons (Fsp3) is 0.416. The number of hydrogen-bond donors (Lipinski definition) is 2. The second kappa shape index (κ2) is 39.1. The number of sulfone groups is 5. The van der Waals surface area contributed by atoms with Crippen LogP contribution in [0.15, 0.2) is 189 Å². The lowest BCUT2D eigenvalue weighted by atomic mass is 9.97. The van der Waals surface area contributed by atoms with Gasteiger partial charge in [0, 0.05) is 223 Å². The van der Waals surface area contributed by atoms with Crippen LogP contribution in [0.2, 0.25) is 0 Å². The van der Waals surface area contributed by atoms with Gasteiger partial charge in [0.15, 0.2) is 49.2 Å². The lowest BCUT2D eigenvalue weighted by molar-refractivity contribution is 0.278. The SMILES string of the molecule is Cc1ccnc(N2CCn3c(cc4cc(CO)c(S(C)(=O)=O)cc43)[C@@H]2C(C)C)n1.Cc1ccnc(N2CCn3c(cc4cc(CO)c(S(C)(=O)=O)cc43)[C@H]2C(C)C)n1.Cc1ccnc(N2CCn3c(cc4ccc(S(C)(=O)=O)cc43)[C@@H]2C(C)C)n1.Cc1ccnc(N2CCn3c(cc4ccc(S(C)(=O)=O)cc43)[C@H]2C(C)C)n1.Cc1ccnc(N2CCn3c(nc4ccc(S(C)(=O)=O)cc43)C2C(C)C)n1. The molecule has 0 spiro atoms. The van der Waals surface area contributed by atoms with Crippen LogP contribution in [0.1, 0.15) is 168 Å². The number of anilines is 5. The van der Waals surface area contributed by atoms with Gasteiger partial charge < -0.3 is 57.5 Å². The van der Waals surface area contributed by atoms with Crippen molar-refractivity contribution in [1.82, 2.24) is 77.7 Å². The minimum atomic E-state index is -3.43. The standard InChI is InChI=1S/2C21H26N4O3S.2C20H24N4O2S.C19H23N5O2S/c2*1-13(2)20-18-10-15-9-16(12-26)19(29(4,27)28)11-17(15)24(18)7-8-25(20)21-22-6-5-14(3)23-21;2*1-13(2)19-18-11-15-5-6-16(27(4,25)26)12-17(15)23(18)9-10-24(19)20-21-8-7-14(3)22-20;1-12(2)17-18-22-15-6-5-14(27(4,25)26)11-16(15)23(18)9-10-24(17)19-20-8-7-13(3)21-19/h2*5-6,9-11,13,20,26H,7-8,12H2,1-4H3;2*5-8,11-13,19H,9-10H2,1-4H3;5-8,11-12,17H,9-10H2,1-4H3/t2*20-;2*19-;/m1010./s1. The molecule has 38 heteroatoms. The van der Waals surface area contributed by atoms with Crippen molar-refractivity contribution in [2.24, 2.45) is 29.6 Å². The third kappa shape index (κ3) is 20.4. The summed E-state index contributed by atoms with van der Waals surface area (Å²) in [6.07, 6.45) is 15.1. The highest BCUT2D eigenvalue weighted by Crippen LogP contribution is 2.46. The fourth-order valence-corrected chi connectivity index (χ4v) is 24.2. The Morgan fingerprint density at radius 3 is 0.791 bits per heavy atom. The minimum absolute atomic E-state index is 0.0228. The van der Waals surface area contributed by atoms with Crippen LogP contribution >= 0.6 is 0 Å². The van der Waals surface area contributed by atoms with Crippen LogP contribution < -0.4 is 24.5 Å². The summed E-state index contributed by atoms with van der Waals surface area (Å²) in [7, 11) is -16.6. The highest BCUT2D eigenvalue weighted by Gasteiger charge is 2.41. The van der Waals surface area contributed by atoms with E-state index >= 15 is 0 Å². The number of nitrogens with zero attached hydrogens (tertiary/aromatic N) is 21. The van der Waals surface area contributed by atoms with Crippen molar-refractivity contribution in [2.75, 3.05) is 88.5 Å². The highest BCUT2D eigenvalue weighted by atomic mass is 32.2. The molecule has 15 aromatic rings. The van der Waals surface area contributed by atoms with Crippen molar-refractivity contribution in [2.45, 2.75) is 204 Å². The van der Waals surface area contributed by atoms with E-state index in [1.165, 1.54) is 42.7 Å². The van der Waals surface area contributed by atoms with E-state index in [4.69, 9.17) is 4.98 Å². The third-order valence-corrected chi connectivity index (χ3v) is 32.2. The van der Waals surface area contributed by atoms with Gasteiger partial charge in [0.2, 0.25) is 29.7 Å². The molecule has 0 fully saturated rings. The molecule has 139 heavy (non-hydrogen) atoms. The zero-order valence-electron chi connectivity index (χ0n) is 82.3. The Balaban J connectivity index is 0.000000125. The quantitative estimate of drug-likeness (QED) is 0.0855. The van der Waals surface area contributed by atoms with Gasteiger partial charge in [-0.15, -0.1) is 0 Å². The Bertz CT molecular complexity index is 7230. The third-order valence-electron chi connectivity index (χ3n) is 26.6. The first-order chi connectivity index (χ1) is 65.7. The topological polar surface area (TPSA) is 394 Å². The molecule has 20 rings (SSSR count). The van der Waals surface area contributed by atoms with Crippen molar-refractivity contribution in [1.29, 1.82) is 0 Å².